The third kappa shape index (κ3) is 1.63. The average Bonchev–Trinajstić information content (AvgIpc) is 2.71. The number of aryl methyl sites for hydroxylation is 1. The SMILES string of the molecule is Cc1ccc2c(c1)nc1n2C(N)=Nc2ccccc2S1. The van der Waals surface area contributed by atoms with Gasteiger partial charge in [0.25, 0.3) is 0 Å². The second-order valence-corrected chi connectivity index (χ2v) is 5.77. The van der Waals surface area contributed by atoms with E-state index in [0.29, 0.717) is 5.96 Å². The van der Waals surface area contributed by atoms with Crippen molar-refractivity contribution in [1.29, 1.82) is 0 Å². The molecule has 98 valence electrons. The van der Waals surface area contributed by atoms with Crippen molar-refractivity contribution >= 4 is 34.4 Å². The van der Waals surface area contributed by atoms with Crippen molar-refractivity contribution < 1.29 is 0 Å². The Morgan fingerprint density at radius 1 is 1.15 bits per heavy atom. The van der Waals surface area contributed by atoms with Crippen LogP contribution >= 0.6 is 11.8 Å². The summed E-state index contributed by atoms with van der Waals surface area (Å²) in [6.45, 7) is 2.06. The van der Waals surface area contributed by atoms with Crippen LogP contribution in [0.2, 0.25) is 0 Å². The predicted octanol–water partition coefficient (Wildman–Crippen LogP) is 3.30. The van der Waals surface area contributed by atoms with Gasteiger partial charge in [0.15, 0.2) is 5.16 Å². The van der Waals surface area contributed by atoms with Crippen molar-refractivity contribution in [2.75, 3.05) is 0 Å². The summed E-state index contributed by atoms with van der Waals surface area (Å²) in [5, 5.41) is 0.858. The van der Waals surface area contributed by atoms with Gasteiger partial charge < -0.3 is 5.73 Å². The lowest BCUT2D eigenvalue weighted by molar-refractivity contribution is 0.959. The lowest BCUT2D eigenvalue weighted by atomic mass is 10.2. The first-order chi connectivity index (χ1) is 9.72. The number of para-hydroxylation sites is 1. The van der Waals surface area contributed by atoms with Gasteiger partial charge in [0.05, 0.1) is 16.7 Å². The van der Waals surface area contributed by atoms with Gasteiger partial charge in [0.2, 0.25) is 5.96 Å². The van der Waals surface area contributed by atoms with Gasteiger partial charge in [-0.25, -0.2) is 9.98 Å². The van der Waals surface area contributed by atoms with Crippen LogP contribution in [0.15, 0.2) is 57.5 Å². The molecule has 3 aromatic rings. The van der Waals surface area contributed by atoms with Gasteiger partial charge >= 0.3 is 0 Å². The Labute approximate surface area is 120 Å². The van der Waals surface area contributed by atoms with Crippen LogP contribution in [0.4, 0.5) is 5.69 Å². The minimum absolute atomic E-state index is 0.462. The number of hydrogen-bond donors (Lipinski definition) is 1. The first kappa shape index (κ1) is 11.5. The fourth-order valence-corrected chi connectivity index (χ4v) is 3.35. The highest BCUT2D eigenvalue weighted by Gasteiger charge is 2.19. The second-order valence-electron chi connectivity index (χ2n) is 4.76. The highest BCUT2D eigenvalue weighted by Crippen LogP contribution is 2.38. The van der Waals surface area contributed by atoms with E-state index in [2.05, 4.69) is 29.0 Å². The molecule has 0 amide bonds. The first-order valence-electron chi connectivity index (χ1n) is 6.33. The van der Waals surface area contributed by atoms with Gasteiger partial charge in [-0.3, -0.25) is 4.57 Å². The lowest BCUT2D eigenvalue weighted by Crippen LogP contribution is -2.21. The van der Waals surface area contributed by atoms with Crippen LogP contribution in [0.25, 0.3) is 11.0 Å². The van der Waals surface area contributed by atoms with E-state index in [0.717, 1.165) is 26.8 Å². The number of benzene rings is 2. The maximum atomic E-state index is 6.17. The van der Waals surface area contributed by atoms with Crippen LogP contribution in [-0.4, -0.2) is 15.5 Å². The highest BCUT2D eigenvalue weighted by atomic mass is 32.2. The van der Waals surface area contributed by atoms with Gasteiger partial charge in [-0.05, 0) is 48.5 Å². The molecule has 0 bridgehead atoms. The summed E-state index contributed by atoms with van der Waals surface area (Å²) in [7, 11) is 0. The Kier molecular flexibility index (Phi) is 2.37. The van der Waals surface area contributed by atoms with Crippen LogP contribution < -0.4 is 5.73 Å². The van der Waals surface area contributed by atoms with Crippen molar-refractivity contribution in [2.24, 2.45) is 10.7 Å². The number of fused-ring (bicyclic) bond motifs is 4. The number of imidazole rings is 1. The van der Waals surface area contributed by atoms with Crippen molar-refractivity contribution in [2.45, 2.75) is 17.0 Å². The lowest BCUT2D eigenvalue weighted by Gasteiger charge is -2.03. The molecule has 20 heavy (non-hydrogen) atoms. The smallest absolute Gasteiger partial charge is 0.207 e. The second kappa shape index (κ2) is 4.11. The monoisotopic (exact) mass is 280 g/mol. The molecule has 1 aliphatic rings. The summed E-state index contributed by atoms with van der Waals surface area (Å²) in [6.07, 6.45) is 0. The summed E-state index contributed by atoms with van der Waals surface area (Å²) in [6, 6.07) is 14.1. The molecular weight excluding hydrogens is 268 g/mol. The summed E-state index contributed by atoms with van der Waals surface area (Å²) >= 11 is 1.60. The number of nitrogens with zero attached hydrogens (tertiary/aromatic N) is 3. The number of rotatable bonds is 0. The van der Waals surface area contributed by atoms with Gasteiger partial charge in [0.1, 0.15) is 0 Å². The predicted molar refractivity (Wildman–Crippen MR) is 81.7 cm³/mol. The van der Waals surface area contributed by atoms with Crippen molar-refractivity contribution in [1.82, 2.24) is 9.55 Å². The number of nitrogens with two attached hydrogens (primary N) is 1. The van der Waals surface area contributed by atoms with E-state index in [-0.39, 0.29) is 0 Å². The van der Waals surface area contributed by atoms with E-state index in [4.69, 9.17) is 5.73 Å². The fourth-order valence-electron chi connectivity index (χ4n) is 2.37. The molecule has 0 aliphatic carbocycles. The van der Waals surface area contributed by atoms with Crippen LogP contribution in [0.5, 0.6) is 0 Å². The van der Waals surface area contributed by atoms with Gasteiger partial charge in [-0.2, -0.15) is 0 Å². The molecule has 4 nitrogen and oxygen atoms in total. The van der Waals surface area contributed by atoms with Crippen LogP contribution in [-0.2, 0) is 0 Å². The zero-order valence-electron chi connectivity index (χ0n) is 10.9. The molecule has 0 atom stereocenters. The number of hydrogen-bond acceptors (Lipinski definition) is 4. The molecular formula is C15H12N4S. The third-order valence-corrected chi connectivity index (χ3v) is 4.33. The van der Waals surface area contributed by atoms with Gasteiger partial charge in [-0.1, -0.05) is 18.2 Å². The van der Waals surface area contributed by atoms with Crippen molar-refractivity contribution in [3.8, 4) is 0 Å². The molecule has 0 saturated carbocycles. The summed E-state index contributed by atoms with van der Waals surface area (Å²) in [5.41, 5.74) is 10.2. The molecule has 4 rings (SSSR count). The van der Waals surface area contributed by atoms with Crippen molar-refractivity contribution in [3.05, 3.63) is 48.0 Å². The summed E-state index contributed by atoms with van der Waals surface area (Å²) in [5.74, 6) is 0.462. The van der Waals surface area contributed by atoms with E-state index in [1.54, 1.807) is 11.8 Å². The third-order valence-electron chi connectivity index (χ3n) is 3.31. The Morgan fingerprint density at radius 3 is 2.90 bits per heavy atom. The topological polar surface area (TPSA) is 56.2 Å². The van der Waals surface area contributed by atoms with E-state index in [1.165, 1.54) is 5.56 Å². The number of aliphatic imine (C=N–C) groups is 1. The minimum atomic E-state index is 0.462. The minimum Gasteiger partial charge on any atom is -0.369 e. The molecule has 0 unspecified atom stereocenters. The Balaban J connectivity index is 2.03. The molecule has 0 fully saturated rings. The zero-order chi connectivity index (χ0) is 13.7. The Morgan fingerprint density at radius 2 is 2.00 bits per heavy atom. The number of aromatic nitrogens is 2. The maximum absolute atomic E-state index is 6.17. The highest BCUT2D eigenvalue weighted by molar-refractivity contribution is 7.99. The van der Waals surface area contributed by atoms with Crippen molar-refractivity contribution in [3.63, 3.8) is 0 Å². The molecule has 1 aromatic heterocycles. The molecule has 1 aliphatic heterocycles. The quantitative estimate of drug-likeness (QED) is 0.687. The maximum Gasteiger partial charge on any atom is 0.207 e. The average molecular weight is 280 g/mol. The molecule has 5 heteroatoms. The standard InChI is InChI=1S/C15H12N4S/c1-9-6-7-12-11(8-9)18-15-19(12)14(16)17-10-4-2-3-5-13(10)20-15/h2-8H,1H3,(H2,16,17). The zero-order valence-corrected chi connectivity index (χ0v) is 11.7. The normalized spacial score (nSPS) is 13.6. The summed E-state index contributed by atoms with van der Waals surface area (Å²) < 4.78 is 1.92. The van der Waals surface area contributed by atoms with E-state index in [1.807, 2.05) is 34.9 Å². The van der Waals surface area contributed by atoms with Crippen LogP contribution in [0.3, 0.4) is 0 Å². The van der Waals surface area contributed by atoms with Gasteiger partial charge in [0, 0.05) is 4.90 Å². The van der Waals surface area contributed by atoms with Crippen LogP contribution in [0, 0.1) is 6.92 Å². The fraction of sp³-hybridized carbons (Fsp3) is 0.0667. The largest absolute Gasteiger partial charge is 0.369 e. The molecule has 0 radical (unpaired) electrons. The van der Waals surface area contributed by atoms with E-state index >= 15 is 0 Å². The first-order valence-corrected chi connectivity index (χ1v) is 7.14. The van der Waals surface area contributed by atoms with Gasteiger partial charge in [-0.15, -0.1) is 0 Å². The Bertz CT molecular complexity index is 863. The molecule has 2 heterocycles. The molecule has 0 spiro atoms. The van der Waals surface area contributed by atoms with Crippen LogP contribution in [0.1, 0.15) is 5.56 Å². The summed E-state index contributed by atoms with van der Waals surface area (Å²) in [4.78, 5) is 10.3. The molecule has 2 aromatic carbocycles. The van der Waals surface area contributed by atoms with E-state index < -0.39 is 0 Å². The molecule has 2 N–H and O–H groups in total. The van der Waals surface area contributed by atoms with E-state index in [9.17, 15) is 0 Å². The molecule has 0 saturated heterocycles. The Hall–Kier alpha value is -2.27.